The molecular weight excluding hydrogens is 235 g/mol. The van der Waals surface area contributed by atoms with Crippen molar-refractivity contribution in [2.45, 2.75) is 30.6 Å². The summed E-state index contributed by atoms with van der Waals surface area (Å²) in [5, 5.41) is 0. The van der Waals surface area contributed by atoms with Crippen LogP contribution in [0.3, 0.4) is 0 Å². The first-order valence-electron chi connectivity index (χ1n) is 3.69. The summed E-state index contributed by atoms with van der Waals surface area (Å²) in [4.78, 5) is 0. The second-order valence-electron chi connectivity index (χ2n) is 2.85. The van der Waals surface area contributed by atoms with Crippen molar-refractivity contribution < 1.29 is 0 Å². The Morgan fingerprint density at radius 3 is 2.50 bits per heavy atom. The van der Waals surface area contributed by atoms with Crippen molar-refractivity contribution in [3.05, 3.63) is 23.3 Å². The van der Waals surface area contributed by atoms with Crippen molar-refractivity contribution in [2.75, 3.05) is 0 Å². The number of rotatable bonds is 1. The van der Waals surface area contributed by atoms with Gasteiger partial charge in [0.05, 0.1) is 0 Å². The zero-order valence-electron chi connectivity index (χ0n) is 6.52. The normalized spacial score (nSPS) is 21.5. The predicted molar refractivity (Wildman–Crippen MR) is 54.6 cm³/mol. The van der Waals surface area contributed by atoms with E-state index in [-0.39, 0.29) is 0 Å². The highest BCUT2D eigenvalue weighted by atomic mass is 127. The molecule has 1 atom stereocenters. The van der Waals surface area contributed by atoms with Crippen molar-refractivity contribution in [1.82, 2.24) is 0 Å². The van der Waals surface area contributed by atoms with Gasteiger partial charge in [0, 0.05) is 3.92 Å². The Morgan fingerprint density at radius 1 is 1.40 bits per heavy atom. The largest absolute Gasteiger partial charge is 0.0812 e. The summed E-state index contributed by atoms with van der Waals surface area (Å²) in [5.41, 5.74) is 3.10. The monoisotopic (exact) mass is 248 g/mol. The fourth-order valence-corrected chi connectivity index (χ4v) is 1.58. The summed E-state index contributed by atoms with van der Waals surface area (Å²) in [6.45, 7) is 4.45. The van der Waals surface area contributed by atoms with Gasteiger partial charge in [-0.3, -0.25) is 0 Å². The second kappa shape index (κ2) is 3.56. The third kappa shape index (κ3) is 2.11. The molecule has 1 unspecified atom stereocenters. The Labute approximate surface area is 76.5 Å². The van der Waals surface area contributed by atoms with E-state index in [1.807, 2.05) is 0 Å². The van der Waals surface area contributed by atoms with Gasteiger partial charge in [-0.2, -0.15) is 0 Å². The van der Waals surface area contributed by atoms with Crippen LogP contribution in [-0.4, -0.2) is 3.92 Å². The number of allylic oxidation sites excluding steroid dienone is 4. The molecule has 56 valence electrons. The molecule has 0 amide bonds. The first-order valence-corrected chi connectivity index (χ1v) is 4.93. The molecule has 1 aliphatic carbocycles. The van der Waals surface area contributed by atoms with Gasteiger partial charge >= 0.3 is 0 Å². The van der Waals surface area contributed by atoms with Crippen LogP contribution in [0.25, 0.3) is 0 Å². The summed E-state index contributed by atoms with van der Waals surface area (Å²) in [6, 6.07) is 0. The average Bonchev–Trinajstić information content (AvgIpc) is 1.88. The molecule has 0 heterocycles. The van der Waals surface area contributed by atoms with Crippen molar-refractivity contribution in [3.8, 4) is 0 Å². The number of halogens is 1. The smallest absolute Gasteiger partial charge is 0.0293 e. The average molecular weight is 248 g/mol. The van der Waals surface area contributed by atoms with Crippen molar-refractivity contribution in [3.63, 3.8) is 0 Å². The molecule has 0 N–H and O–H groups in total. The van der Waals surface area contributed by atoms with Gasteiger partial charge in [0.15, 0.2) is 0 Å². The maximum atomic E-state index is 2.47. The minimum absolute atomic E-state index is 0.710. The minimum atomic E-state index is 0.710. The molecule has 10 heavy (non-hydrogen) atoms. The Kier molecular flexibility index (Phi) is 2.96. The first-order chi connectivity index (χ1) is 4.70. The van der Waals surface area contributed by atoms with Crippen LogP contribution in [0.4, 0.5) is 0 Å². The van der Waals surface area contributed by atoms with Crippen molar-refractivity contribution in [2.24, 2.45) is 0 Å². The van der Waals surface area contributed by atoms with Crippen molar-refractivity contribution in [1.29, 1.82) is 0 Å². The van der Waals surface area contributed by atoms with Gasteiger partial charge in [0.25, 0.3) is 0 Å². The first kappa shape index (κ1) is 8.31. The van der Waals surface area contributed by atoms with Crippen LogP contribution in [0.15, 0.2) is 23.3 Å². The lowest BCUT2D eigenvalue weighted by Gasteiger charge is -2.12. The maximum Gasteiger partial charge on any atom is 0.0293 e. The predicted octanol–water partition coefficient (Wildman–Crippen LogP) is 3.48. The van der Waals surface area contributed by atoms with Crippen LogP contribution < -0.4 is 0 Å². The Hall–Kier alpha value is 0.210. The topological polar surface area (TPSA) is 0 Å². The zero-order chi connectivity index (χ0) is 7.56. The molecule has 0 saturated carbocycles. The molecule has 0 fully saturated rings. The summed E-state index contributed by atoms with van der Waals surface area (Å²) in [7, 11) is 0. The Bertz CT molecular complexity index is 175. The lowest BCUT2D eigenvalue weighted by Crippen LogP contribution is -1.99. The molecule has 0 aromatic carbocycles. The number of hydrogen-bond acceptors (Lipinski definition) is 0. The van der Waals surface area contributed by atoms with Crippen LogP contribution in [0.5, 0.6) is 0 Å². The molecule has 0 bridgehead atoms. The maximum absolute atomic E-state index is 2.47. The van der Waals surface area contributed by atoms with E-state index in [0.717, 1.165) is 0 Å². The van der Waals surface area contributed by atoms with Crippen LogP contribution in [-0.2, 0) is 0 Å². The molecule has 0 aromatic heterocycles. The van der Waals surface area contributed by atoms with Gasteiger partial charge in [0.2, 0.25) is 0 Å². The third-order valence-corrected chi connectivity index (χ3v) is 2.68. The minimum Gasteiger partial charge on any atom is -0.0812 e. The second-order valence-corrected chi connectivity index (χ2v) is 4.72. The van der Waals surface area contributed by atoms with Gasteiger partial charge in [0.1, 0.15) is 0 Å². The molecule has 0 radical (unpaired) electrons. The zero-order valence-corrected chi connectivity index (χ0v) is 8.68. The van der Waals surface area contributed by atoms with Gasteiger partial charge in [-0.25, -0.2) is 0 Å². The third-order valence-electron chi connectivity index (χ3n) is 1.88. The van der Waals surface area contributed by atoms with Crippen LogP contribution in [0.2, 0.25) is 0 Å². The molecule has 1 heteroatoms. The van der Waals surface area contributed by atoms with E-state index in [4.69, 9.17) is 0 Å². The highest BCUT2D eigenvalue weighted by Crippen LogP contribution is 2.23. The van der Waals surface area contributed by atoms with Gasteiger partial charge in [-0.1, -0.05) is 45.9 Å². The Balaban J connectivity index is 2.54. The molecule has 0 aliphatic heterocycles. The molecule has 0 spiro atoms. The molecule has 0 aromatic rings. The van der Waals surface area contributed by atoms with Gasteiger partial charge in [-0.05, 0) is 26.7 Å². The molecular formula is C9H13I. The van der Waals surface area contributed by atoms with E-state index >= 15 is 0 Å². The van der Waals surface area contributed by atoms with Crippen LogP contribution in [0.1, 0.15) is 26.7 Å². The van der Waals surface area contributed by atoms with Crippen LogP contribution in [0, 0.1) is 0 Å². The lowest BCUT2D eigenvalue weighted by molar-refractivity contribution is 0.991. The standard InChI is InChI=1S/C9H13I/c1-7-3-5-9(6-4-7)8(2)10/h3,6,8H,4-5H2,1-2H3. The number of alkyl halides is 1. The Morgan fingerprint density at radius 2 is 2.10 bits per heavy atom. The lowest BCUT2D eigenvalue weighted by atomic mass is 9.99. The van der Waals surface area contributed by atoms with Gasteiger partial charge in [-0.15, -0.1) is 0 Å². The molecule has 0 saturated heterocycles. The molecule has 1 rings (SSSR count). The van der Waals surface area contributed by atoms with Crippen molar-refractivity contribution >= 4 is 22.6 Å². The highest BCUT2D eigenvalue weighted by Gasteiger charge is 2.06. The number of hydrogen-bond donors (Lipinski definition) is 0. The van der Waals surface area contributed by atoms with Crippen LogP contribution >= 0.6 is 22.6 Å². The van der Waals surface area contributed by atoms with Gasteiger partial charge < -0.3 is 0 Å². The fraction of sp³-hybridized carbons (Fsp3) is 0.556. The van der Waals surface area contributed by atoms with E-state index in [1.165, 1.54) is 18.4 Å². The van der Waals surface area contributed by atoms with E-state index < -0.39 is 0 Å². The van der Waals surface area contributed by atoms with E-state index in [2.05, 4.69) is 48.6 Å². The summed E-state index contributed by atoms with van der Waals surface area (Å²) in [6.07, 6.45) is 7.05. The molecule has 0 nitrogen and oxygen atoms in total. The molecule has 1 aliphatic rings. The van der Waals surface area contributed by atoms with E-state index in [0.29, 0.717) is 3.92 Å². The summed E-state index contributed by atoms with van der Waals surface area (Å²) >= 11 is 2.47. The quantitative estimate of drug-likeness (QED) is 0.378. The fourth-order valence-electron chi connectivity index (χ4n) is 1.08. The van der Waals surface area contributed by atoms with E-state index in [1.54, 1.807) is 5.57 Å². The summed E-state index contributed by atoms with van der Waals surface area (Å²) < 4.78 is 0.710. The highest BCUT2D eigenvalue weighted by molar-refractivity contribution is 14.1. The summed E-state index contributed by atoms with van der Waals surface area (Å²) in [5.74, 6) is 0. The SMILES string of the molecule is CC1=CCC(C(C)I)=CC1. The van der Waals surface area contributed by atoms with E-state index in [9.17, 15) is 0 Å².